The highest BCUT2D eigenvalue weighted by Crippen LogP contribution is 2.53. The lowest BCUT2D eigenvalue weighted by Crippen LogP contribution is -2.75. The molecule has 0 spiro atoms. The van der Waals surface area contributed by atoms with Gasteiger partial charge in [-0.25, -0.2) is 0 Å². The van der Waals surface area contributed by atoms with Crippen LogP contribution in [0.5, 0.6) is 0 Å². The third kappa shape index (κ3) is 11.0. The first-order chi connectivity index (χ1) is 58.6. The lowest BCUT2D eigenvalue weighted by molar-refractivity contribution is 1.18. The second-order valence-electron chi connectivity index (χ2n) is 31.0. The highest BCUT2D eigenvalue weighted by molar-refractivity contribution is 8.00. The van der Waals surface area contributed by atoms with Crippen LogP contribution in [0.3, 0.4) is 0 Å². The van der Waals surface area contributed by atoms with Crippen molar-refractivity contribution in [2.45, 2.75) is 9.79 Å². The molecule has 19 aromatic rings. The summed E-state index contributed by atoms with van der Waals surface area (Å²) in [5.74, 6) is 0. The predicted molar refractivity (Wildman–Crippen MR) is 503 cm³/mol. The number of hydrogen-bond acceptors (Lipinski definition) is 6. The summed E-state index contributed by atoms with van der Waals surface area (Å²) in [6, 6.07) is 169. The van der Waals surface area contributed by atoms with Crippen molar-refractivity contribution < 1.29 is 0 Å². The van der Waals surface area contributed by atoms with Crippen LogP contribution in [0.4, 0.5) is 85.3 Å². The number of benzene rings is 18. The van der Waals surface area contributed by atoms with Crippen molar-refractivity contribution in [2.24, 2.45) is 0 Å². The fraction of sp³-hybridized carbons (Fsp3) is 0. The van der Waals surface area contributed by atoms with E-state index in [1.54, 1.807) is 0 Å². The Kier molecular flexibility index (Phi) is 16.6. The minimum atomic E-state index is -3.06. The van der Waals surface area contributed by atoms with Crippen LogP contribution in [0.1, 0.15) is 0 Å². The molecule has 1 aromatic heterocycles. The van der Waals surface area contributed by atoms with Crippen molar-refractivity contribution in [1.82, 2.24) is 4.57 Å². The van der Waals surface area contributed by atoms with Gasteiger partial charge in [0.25, 0.3) is 6.71 Å². The van der Waals surface area contributed by atoms with Gasteiger partial charge in [-0.2, -0.15) is 0 Å². The van der Waals surface area contributed by atoms with Gasteiger partial charge in [-0.3, -0.25) is 0 Å². The van der Waals surface area contributed by atoms with Gasteiger partial charge in [0.1, 0.15) is 0 Å². The van der Waals surface area contributed by atoms with Crippen LogP contribution in [-0.4, -0.2) is 26.1 Å². The molecule has 4 aliphatic rings. The molecule has 4 aliphatic heterocycles. The molecule has 0 fully saturated rings. The quantitative estimate of drug-likeness (QED) is 0.0748. The summed E-state index contributed by atoms with van der Waals surface area (Å²) >= 11 is 1.93. The molecule has 5 heterocycles. The second kappa shape index (κ2) is 28.5. The Morgan fingerprint density at radius 2 is 0.644 bits per heavy atom. The average Bonchev–Trinajstić information content (AvgIpc) is 0.782. The summed E-state index contributed by atoms with van der Waals surface area (Å²) in [5.41, 5.74) is 29.4. The largest absolute Gasteiger partial charge is 0.311 e. The smallest absolute Gasteiger partial charge is 0.252 e. The van der Waals surface area contributed by atoms with E-state index in [0.29, 0.717) is 0 Å². The van der Waals surface area contributed by atoms with E-state index in [2.05, 4.69) is 478 Å². The maximum absolute atomic E-state index is 3.06. The molecule has 0 saturated carbocycles. The molecule has 6 nitrogen and oxygen atoms in total. The topological polar surface area (TPSA) is 21.1 Å². The number of aromatic nitrogens is 1. The van der Waals surface area contributed by atoms with E-state index < -0.39 is 8.07 Å². The Morgan fingerprint density at radius 1 is 0.229 bits per heavy atom. The number of anilines is 15. The van der Waals surface area contributed by atoms with E-state index in [-0.39, 0.29) is 13.4 Å². The molecule has 118 heavy (non-hydrogen) atoms. The van der Waals surface area contributed by atoms with Crippen molar-refractivity contribution in [3.63, 3.8) is 0 Å². The highest BCUT2D eigenvalue weighted by Gasteiger charge is 2.50. The van der Waals surface area contributed by atoms with Crippen molar-refractivity contribution in [1.29, 1.82) is 0 Å². The normalized spacial score (nSPS) is 12.8. The number of fused-ring (bicyclic) bond motifs is 11. The molecule has 0 aliphatic carbocycles. The monoisotopic (exact) mass is 1540 g/mol. The first-order valence-corrected chi connectivity index (χ1v) is 43.5. The first-order valence-electron chi connectivity index (χ1n) is 40.7. The Bertz CT molecular complexity index is 6880. The number of rotatable bonds is 15. The molecule has 10 heteroatoms. The molecular weight excluding hydrogens is 1460 g/mol. The van der Waals surface area contributed by atoms with E-state index in [1.165, 1.54) is 79.6 Å². The van der Waals surface area contributed by atoms with Crippen molar-refractivity contribution >= 4 is 194 Å². The summed E-state index contributed by atoms with van der Waals surface area (Å²) in [6.45, 7) is -0.490. The zero-order valence-electron chi connectivity index (χ0n) is 64.5. The average molecular weight is 1540 g/mol. The van der Waals surface area contributed by atoms with Crippen molar-refractivity contribution in [2.75, 3.05) is 24.5 Å². The lowest BCUT2D eigenvalue weighted by Gasteiger charge is -2.47. The van der Waals surface area contributed by atoms with Gasteiger partial charge in [-0.1, -0.05) is 321 Å². The predicted octanol–water partition coefficient (Wildman–Crippen LogP) is 21.6. The highest BCUT2D eigenvalue weighted by atomic mass is 32.2. The molecule has 0 bridgehead atoms. The Hall–Kier alpha value is -14.5. The van der Waals surface area contributed by atoms with Crippen LogP contribution in [0.2, 0.25) is 0 Å². The van der Waals surface area contributed by atoms with Gasteiger partial charge >= 0.3 is 0 Å². The molecule has 552 valence electrons. The second-order valence-corrected chi connectivity index (χ2v) is 35.9. The van der Waals surface area contributed by atoms with Gasteiger partial charge in [0.05, 0.1) is 22.4 Å². The lowest BCUT2D eigenvalue weighted by atomic mass is 9.30. The SMILES string of the molecule is c1ccc(N(c2ccccc2)c2cc3c4c(c2)N(c2ccccc2)c2cc5c(cc2B4c2ccc([Si](c4ccccc4)(c4ccccc4)c4ccccc4)cc2S3)B2c3ccccc3N(c3ccccc3)c3cc(N(c4ccccc4)c4ccccc4)cc(c32)N5c2ccccc2-c2ccc3c4ccccc4n(-c4ccccc4)c3c2)cc1. The maximum atomic E-state index is 2.69. The molecule has 0 atom stereocenters. The molecule has 0 amide bonds. The summed E-state index contributed by atoms with van der Waals surface area (Å²) in [7, 11) is -3.06. The number of para-hydroxylation sites is 10. The zero-order valence-corrected chi connectivity index (χ0v) is 66.3. The van der Waals surface area contributed by atoms with Gasteiger partial charge in [0.2, 0.25) is 6.71 Å². The third-order valence-corrected chi connectivity index (χ3v) is 30.5. The Morgan fingerprint density at radius 3 is 1.19 bits per heavy atom. The molecular formula is C108H74B2N6SSi. The maximum Gasteiger partial charge on any atom is 0.252 e. The summed E-state index contributed by atoms with van der Waals surface area (Å²) in [5, 5.41) is 7.78. The molecule has 0 N–H and O–H groups in total. The standard InChI is InChI=1S/C108H74B2N6SSi/c1-11-37-76(38-12-1)111(77-39-13-2-14-40-77)83-68-102-107-103(69-83)116(96-60-34-31-57-89(96)75-63-65-91-90-58-32-35-61-97(90)113(99(91)67-75)80-45-19-5-20-46-80)101-74-100-94(73-95(101)109(107)92-59-33-36-62-98(92)114(102)81-47-21-6-22-48-81)110-93-66-64-88(118(85-51-25-8-26-52-85,86-53-27-9-28-54-86)87-55-29-10-30-56-87)72-105(93)117-106-71-84(70-104(108(106)110)115(100)82-49-23-7-24-50-82)112(78-41-15-3-16-42-78)79-43-17-4-18-44-79/h1-74H. The van der Waals surface area contributed by atoms with Crippen molar-refractivity contribution in [3.05, 3.63) is 449 Å². The molecule has 23 rings (SSSR count). The van der Waals surface area contributed by atoms with Gasteiger partial charge in [0, 0.05) is 106 Å². The molecule has 0 saturated heterocycles. The van der Waals surface area contributed by atoms with E-state index >= 15 is 0 Å². The number of hydrogen-bond donors (Lipinski definition) is 0. The fourth-order valence-corrected chi connectivity index (χ4v) is 25.9. The van der Waals surface area contributed by atoms with Crippen LogP contribution in [0.15, 0.2) is 459 Å². The van der Waals surface area contributed by atoms with Crippen LogP contribution in [-0.2, 0) is 0 Å². The van der Waals surface area contributed by atoms with Crippen LogP contribution >= 0.6 is 11.8 Å². The minimum Gasteiger partial charge on any atom is -0.311 e. The summed E-state index contributed by atoms with van der Waals surface area (Å²) in [4.78, 5) is 15.2. The van der Waals surface area contributed by atoms with E-state index in [9.17, 15) is 0 Å². The molecule has 18 aromatic carbocycles. The van der Waals surface area contributed by atoms with E-state index in [1.807, 2.05) is 11.8 Å². The number of nitrogens with zero attached hydrogens (tertiary/aromatic N) is 6. The first kappa shape index (κ1) is 69.0. The fourth-order valence-electron chi connectivity index (χ4n) is 19.8. The van der Waals surface area contributed by atoms with Crippen LogP contribution in [0, 0.1) is 0 Å². The van der Waals surface area contributed by atoms with Gasteiger partial charge in [0.15, 0.2) is 8.07 Å². The Labute approximate surface area is 693 Å². The van der Waals surface area contributed by atoms with E-state index in [4.69, 9.17) is 0 Å². The molecule has 0 radical (unpaired) electrons. The van der Waals surface area contributed by atoms with Gasteiger partial charge < -0.3 is 29.1 Å². The Balaban J connectivity index is 0.847. The zero-order chi connectivity index (χ0) is 77.8. The third-order valence-electron chi connectivity index (χ3n) is 24.6. The molecule has 0 unspecified atom stereocenters. The summed E-state index contributed by atoms with van der Waals surface area (Å²) < 4.78 is 2.45. The summed E-state index contributed by atoms with van der Waals surface area (Å²) in [6.07, 6.45) is 0. The van der Waals surface area contributed by atoms with Crippen LogP contribution < -0.4 is 78.0 Å². The minimum absolute atomic E-state index is 0.232. The van der Waals surface area contributed by atoms with Crippen molar-refractivity contribution in [3.8, 4) is 16.8 Å². The van der Waals surface area contributed by atoms with Gasteiger partial charge in [-0.05, 0) is 199 Å². The van der Waals surface area contributed by atoms with Crippen LogP contribution in [0.25, 0.3) is 38.6 Å². The van der Waals surface area contributed by atoms with Gasteiger partial charge in [-0.15, -0.1) is 0 Å². The van der Waals surface area contributed by atoms with E-state index in [0.717, 1.165) is 108 Å².